The lowest BCUT2D eigenvalue weighted by molar-refractivity contribution is -0.383. The van der Waals surface area contributed by atoms with Crippen molar-refractivity contribution < 1.29 is 14.1 Å². The quantitative estimate of drug-likeness (QED) is 0.215. The number of nitro groups is 1. The van der Waals surface area contributed by atoms with Crippen LogP contribution in [-0.2, 0) is 0 Å². The molecule has 138 valence electrons. The Bertz CT molecular complexity index is 811. The number of nitrogens with one attached hydrogen (secondary N) is 3. The van der Waals surface area contributed by atoms with E-state index in [0.29, 0.717) is 0 Å². The molecule has 0 unspecified atom stereocenters. The average molecular weight is 438 g/mol. The highest BCUT2D eigenvalue weighted by Crippen LogP contribution is 2.29. The van der Waals surface area contributed by atoms with Crippen LogP contribution in [0, 0.1) is 10.1 Å². The smallest absolute Gasteiger partial charge is 0.292 e. The Balaban J connectivity index is 2.10. The van der Waals surface area contributed by atoms with Crippen molar-refractivity contribution in [3.63, 3.8) is 0 Å². The first kappa shape index (κ1) is 20.2. The molecule has 0 saturated heterocycles. The highest BCUT2D eigenvalue weighted by Gasteiger charge is 2.35. The number of alkyl halides is 3. The molecule has 0 aliphatic rings. The van der Waals surface area contributed by atoms with Crippen LogP contribution in [0.15, 0.2) is 47.1 Å². The molecule has 1 heterocycles. The number of amides is 1. The zero-order valence-electron chi connectivity index (χ0n) is 12.7. The third kappa shape index (κ3) is 5.46. The van der Waals surface area contributed by atoms with E-state index in [1.54, 1.807) is 6.07 Å². The monoisotopic (exact) mass is 436 g/mol. The first-order valence-corrected chi connectivity index (χ1v) is 8.44. The van der Waals surface area contributed by atoms with Gasteiger partial charge in [-0.25, -0.2) is 0 Å². The Morgan fingerprint density at radius 2 is 1.88 bits per heavy atom. The molecule has 1 aromatic heterocycles. The van der Waals surface area contributed by atoms with E-state index in [9.17, 15) is 14.9 Å². The number of furan rings is 1. The molecule has 1 amide bonds. The van der Waals surface area contributed by atoms with Crippen LogP contribution in [0.4, 0.5) is 11.4 Å². The van der Waals surface area contributed by atoms with Crippen LogP contribution in [0.3, 0.4) is 0 Å². The van der Waals surface area contributed by atoms with Crippen molar-refractivity contribution in [2.75, 3.05) is 5.32 Å². The van der Waals surface area contributed by atoms with Crippen LogP contribution >= 0.6 is 47.0 Å². The molecule has 0 aliphatic heterocycles. The molecule has 26 heavy (non-hydrogen) atoms. The van der Waals surface area contributed by atoms with E-state index in [1.807, 2.05) is 0 Å². The second-order valence-corrected chi connectivity index (χ2v) is 7.58. The van der Waals surface area contributed by atoms with Gasteiger partial charge < -0.3 is 20.4 Å². The Kier molecular flexibility index (Phi) is 6.65. The summed E-state index contributed by atoms with van der Waals surface area (Å²) in [7, 11) is 0. The number of para-hydroxylation sites is 2. The number of halogens is 3. The second kappa shape index (κ2) is 8.54. The summed E-state index contributed by atoms with van der Waals surface area (Å²) >= 11 is 22.7. The summed E-state index contributed by atoms with van der Waals surface area (Å²) in [4.78, 5) is 22.5. The van der Waals surface area contributed by atoms with Gasteiger partial charge in [-0.05, 0) is 30.4 Å². The molecule has 1 atom stereocenters. The van der Waals surface area contributed by atoms with Crippen LogP contribution in [0.1, 0.15) is 10.6 Å². The summed E-state index contributed by atoms with van der Waals surface area (Å²) in [5, 5.41) is 18.6. The van der Waals surface area contributed by atoms with Crippen molar-refractivity contribution in [3.8, 4) is 0 Å². The number of carbonyl (C=O) groups excluding carboxylic acids is 1. The van der Waals surface area contributed by atoms with Gasteiger partial charge >= 0.3 is 0 Å². The molecule has 0 aliphatic carbocycles. The Labute approximate surface area is 167 Å². The van der Waals surface area contributed by atoms with E-state index in [2.05, 4.69) is 16.0 Å². The van der Waals surface area contributed by atoms with Gasteiger partial charge in [0.2, 0.25) is 3.79 Å². The minimum atomic E-state index is -1.98. The van der Waals surface area contributed by atoms with Gasteiger partial charge in [-0.15, -0.1) is 0 Å². The van der Waals surface area contributed by atoms with Crippen LogP contribution in [0.25, 0.3) is 0 Å². The normalized spacial score (nSPS) is 12.1. The molecule has 0 spiro atoms. The van der Waals surface area contributed by atoms with Crippen molar-refractivity contribution in [2.24, 2.45) is 0 Å². The topological polar surface area (TPSA) is 109 Å². The number of nitrogens with zero attached hydrogens (tertiary/aromatic N) is 1. The highest BCUT2D eigenvalue weighted by atomic mass is 35.6. The predicted octanol–water partition coefficient (Wildman–Crippen LogP) is 3.60. The van der Waals surface area contributed by atoms with Crippen LogP contribution in [0.2, 0.25) is 0 Å². The SMILES string of the molecule is O=C(N[C@@H](NC(=S)Nc1ccccc1[N+](=O)[O-])C(Cl)(Cl)Cl)c1ccco1. The highest BCUT2D eigenvalue weighted by molar-refractivity contribution is 7.80. The number of hydrogen-bond donors (Lipinski definition) is 3. The molecule has 2 aromatic rings. The maximum atomic E-state index is 12.1. The third-order valence-corrected chi connectivity index (χ3v) is 3.85. The zero-order valence-corrected chi connectivity index (χ0v) is 15.8. The number of nitro benzene ring substituents is 1. The molecule has 0 radical (unpaired) electrons. The van der Waals surface area contributed by atoms with Crippen LogP contribution in [-0.4, -0.2) is 25.9 Å². The molecule has 0 saturated carbocycles. The fraction of sp³-hybridized carbons (Fsp3) is 0.143. The van der Waals surface area contributed by atoms with Gasteiger partial charge in [0.1, 0.15) is 11.9 Å². The lowest BCUT2D eigenvalue weighted by Gasteiger charge is -2.27. The van der Waals surface area contributed by atoms with Gasteiger partial charge in [-0.3, -0.25) is 14.9 Å². The standard InChI is InChI=1S/C14H11Cl3N4O4S/c15-14(16,17)12(19-11(22)10-6-3-7-25-10)20-13(26)18-8-4-1-2-5-9(8)21(23)24/h1-7,12H,(H,19,22)(H2,18,20,26)/t12-/m0/s1. The number of rotatable bonds is 5. The van der Waals surface area contributed by atoms with Crippen LogP contribution < -0.4 is 16.0 Å². The van der Waals surface area contributed by atoms with Crippen molar-refractivity contribution in [1.82, 2.24) is 10.6 Å². The fourth-order valence-electron chi connectivity index (χ4n) is 1.84. The number of carbonyl (C=O) groups is 1. The number of anilines is 1. The third-order valence-electron chi connectivity index (χ3n) is 2.97. The lowest BCUT2D eigenvalue weighted by Crippen LogP contribution is -2.56. The second-order valence-electron chi connectivity index (χ2n) is 4.80. The molecule has 2 rings (SSSR count). The minimum Gasteiger partial charge on any atom is -0.459 e. The first-order valence-electron chi connectivity index (χ1n) is 6.90. The van der Waals surface area contributed by atoms with Crippen molar-refractivity contribution in [3.05, 3.63) is 58.5 Å². The van der Waals surface area contributed by atoms with Gasteiger partial charge in [0.15, 0.2) is 10.9 Å². The number of hydrogen-bond acceptors (Lipinski definition) is 5. The minimum absolute atomic E-state index is 0.00336. The molecule has 0 fully saturated rings. The molecule has 1 aromatic carbocycles. The van der Waals surface area contributed by atoms with Crippen molar-refractivity contribution >= 4 is 69.4 Å². The number of benzene rings is 1. The zero-order chi connectivity index (χ0) is 19.3. The first-order chi connectivity index (χ1) is 12.2. The average Bonchev–Trinajstić information content (AvgIpc) is 3.08. The van der Waals surface area contributed by atoms with E-state index in [0.717, 1.165) is 0 Å². The maximum absolute atomic E-state index is 12.1. The summed E-state index contributed by atoms with van der Waals surface area (Å²) in [6, 6.07) is 8.80. The van der Waals surface area contributed by atoms with E-state index in [4.69, 9.17) is 51.4 Å². The molecular weight excluding hydrogens is 427 g/mol. The molecule has 3 N–H and O–H groups in total. The summed E-state index contributed by atoms with van der Waals surface area (Å²) in [6.45, 7) is 0. The summed E-state index contributed by atoms with van der Waals surface area (Å²) in [5.74, 6) is -0.643. The van der Waals surface area contributed by atoms with Gasteiger partial charge in [-0.1, -0.05) is 46.9 Å². The van der Waals surface area contributed by atoms with E-state index in [1.165, 1.54) is 36.6 Å². The lowest BCUT2D eigenvalue weighted by atomic mass is 10.3. The maximum Gasteiger partial charge on any atom is 0.292 e. The van der Waals surface area contributed by atoms with E-state index >= 15 is 0 Å². The Morgan fingerprint density at radius 3 is 2.46 bits per heavy atom. The fourth-order valence-corrected chi connectivity index (χ4v) is 2.39. The van der Waals surface area contributed by atoms with Crippen molar-refractivity contribution in [2.45, 2.75) is 9.96 Å². The summed E-state index contributed by atoms with van der Waals surface area (Å²) in [5.41, 5.74) is -0.0582. The molecular formula is C14H11Cl3N4O4S. The molecule has 0 bridgehead atoms. The van der Waals surface area contributed by atoms with Crippen molar-refractivity contribution in [1.29, 1.82) is 0 Å². The predicted molar refractivity (Wildman–Crippen MR) is 103 cm³/mol. The van der Waals surface area contributed by atoms with E-state index in [-0.39, 0.29) is 22.2 Å². The molecule has 12 heteroatoms. The largest absolute Gasteiger partial charge is 0.459 e. The van der Waals surface area contributed by atoms with Gasteiger partial charge in [-0.2, -0.15) is 0 Å². The molecule has 8 nitrogen and oxygen atoms in total. The van der Waals surface area contributed by atoms with Gasteiger partial charge in [0.25, 0.3) is 11.6 Å². The van der Waals surface area contributed by atoms with Gasteiger partial charge in [0.05, 0.1) is 11.2 Å². The summed E-state index contributed by atoms with van der Waals surface area (Å²) in [6.07, 6.45) is 0.0702. The Morgan fingerprint density at radius 1 is 1.19 bits per heavy atom. The van der Waals surface area contributed by atoms with E-state index < -0.39 is 20.8 Å². The number of thiocarbonyl (C=S) groups is 1. The summed E-state index contributed by atoms with van der Waals surface area (Å²) < 4.78 is 2.98. The van der Waals surface area contributed by atoms with Crippen LogP contribution in [0.5, 0.6) is 0 Å². The van der Waals surface area contributed by atoms with Gasteiger partial charge in [0, 0.05) is 6.07 Å². The Hall–Kier alpha value is -2.07.